The predicted octanol–water partition coefficient (Wildman–Crippen LogP) is 2.11. The Morgan fingerprint density at radius 3 is 2.26 bits per heavy atom. The standard InChI is InChI=1S/C14H19F3N2O7S/c1-13(2,3)25-12(22)19-8-4-10(26-27(23,24)14(15,16)17)5-9(19)7-18(6-8)11(20)21/h4,8-9H,5-7H2,1-3H3,(H,20,21). The second-order valence-electron chi connectivity index (χ2n) is 7.12. The van der Waals surface area contributed by atoms with E-state index in [-0.39, 0.29) is 13.1 Å². The Hall–Kier alpha value is -2.18. The van der Waals surface area contributed by atoms with E-state index in [9.17, 15) is 31.2 Å². The third-order valence-electron chi connectivity index (χ3n) is 3.78. The highest BCUT2D eigenvalue weighted by atomic mass is 32.2. The monoisotopic (exact) mass is 416 g/mol. The molecule has 1 fully saturated rings. The molecule has 0 aromatic carbocycles. The normalized spacial score (nSPS) is 23.6. The number of ether oxygens (including phenoxy) is 1. The molecule has 0 aromatic heterocycles. The van der Waals surface area contributed by atoms with Gasteiger partial charge in [0.05, 0.1) is 12.1 Å². The van der Waals surface area contributed by atoms with Crippen LogP contribution in [0.15, 0.2) is 11.8 Å². The highest BCUT2D eigenvalue weighted by molar-refractivity contribution is 7.87. The van der Waals surface area contributed by atoms with E-state index in [1.165, 1.54) is 4.90 Å². The highest BCUT2D eigenvalue weighted by Crippen LogP contribution is 2.34. The van der Waals surface area contributed by atoms with Crippen molar-refractivity contribution in [3.05, 3.63) is 11.8 Å². The lowest BCUT2D eigenvalue weighted by Crippen LogP contribution is -2.63. The van der Waals surface area contributed by atoms with Gasteiger partial charge in [-0.1, -0.05) is 0 Å². The first kappa shape index (κ1) is 21.1. The average molecular weight is 416 g/mol. The van der Waals surface area contributed by atoms with Gasteiger partial charge < -0.3 is 18.9 Å². The summed E-state index contributed by atoms with van der Waals surface area (Å²) in [6, 6.07) is -1.96. The summed E-state index contributed by atoms with van der Waals surface area (Å²) < 4.78 is 69.4. The van der Waals surface area contributed by atoms with Crippen molar-refractivity contribution >= 4 is 22.3 Å². The predicted molar refractivity (Wildman–Crippen MR) is 84.0 cm³/mol. The zero-order chi connectivity index (χ0) is 20.8. The van der Waals surface area contributed by atoms with Crippen molar-refractivity contribution in [1.29, 1.82) is 0 Å². The fraction of sp³-hybridized carbons (Fsp3) is 0.714. The maximum Gasteiger partial charge on any atom is 0.534 e. The molecular weight excluding hydrogens is 397 g/mol. The van der Waals surface area contributed by atoms with Crippen molar-refractivity contribution in [2.24, 2.45) is 0 Å². The summed E-state index contributed by atoms with van der Waals surface area (Å²) >= 11 is 0. The van der Waals surface area contributed by atoms with Gasteiger partial charge in [0.25, 0.3) is 0 Å². The number of hydrogen-bond acceptors (Lipinski definition) is 6. The zero-order valence-electron chi connectivity index (χ0n) is 14.7. The number of nitrogens with zero attached hydrogens (tertiary/aromatic N) is 2. The van der Waals surface area contributed by atoms with Crippen LogP contribution < -0.4 is 0 Å². The minimum atomic E-state index is -5.86. The Kier molecular flexibility index (Phi) is 5.29. The van der Waals surface area contributed by atoms with E-state index in [1.54, 1.807) is 20.8 Å². The van der Waals surface area contributed by atoms with Gasteiger partial charge >= 0.3 is 27.8 Å². The number of halogens is 3. The Bertz CT molecular complexity index is 758. The molecule has 9 nitrogen and oxygen atoms in total. The van der Waals surface area contributed by atoms with Gasteiger partial charge in [-0.25, -0.2) is 9.59 Å². The molecule has 1 N–H and O–H groups in total. The van der Waals surface area contributed by atoms with E-state index in [2.05, 4.69) is 4.18 Å². The fourth-order valence-corrected chi connectivity index (χ4v) is 3.32. The molecule has 2 aliphatic heterocycles. The maximum atomic E-state index is 12.5. The summed E-state index contributed by atoms with van der Waals surface area (Å²) in [6.45, 7) is 4.37. The molecule has 27 heavy (non-hydrogen) atoms. The highest BCUT2D eigenvalue weighted by Gasteiger charge is 2.50. The van der Waals surface area contributed by atoms with Crippen LogP contribution in [0.4, 0.5) is 22.8 Å². The summed E-state index contributed by atoms with van der Waals surface area (Å²) in [5.74, 6) is -0.493. The number of carbonyl (C=O) groups is 2. The molecule has 2 heterocycles. The van der Waals surface area contributed by atoms with E-state index in [4.69, 9.17) is 9.84 Å². The van der Waals surface area contributed by atoms with E-state index in [0.29, 0.717) is 0 Å². The van der Waals surface area contributed by atoms with E-state index >= 15 is 0 Å². The van der Waals surface area contributed by atoms with Gasteiger partial charge in [0.15, 0.2) is 0 Å². The molecule has 0 aromatic rings. The number of carboxylic acid groups (broad SMARTS) is 1. The van der Waals surface area contributed by atoms with Crippen molar-refractivity contribution in [2.75, 3.05) is 13.1 Å². The molecular formula is C14H19F3N2O7S. The van der Waals surface area contributed by atoms with Crippen LogP contribution in [0, 0.1) is 0 Å². The van der Waals surface area contributed by atoms with Crippen molar-refractivity contribution in [2.45, 2.75) is 50.4 Å². The SMILES string of the molecule is CC(C)(C)OC(=O)N1C2C=C(OS(=O)(=O)C(F)(F)F)CC1CN(C(=O)O)C2. The van der Waals surface area contributed by atoms with Gasteiger partial charge in [-0.3, -0.25) is 4.90 Å². The third kappa shape index (κ3) is 4.76. The van der Waals surface area contributed by atoms with Crippen LogP contribution in [0.3, 0.4) is 0 Å². The summed E-state index contributed by atoms with van der Waals surface area (Å²) in [5.41, 5.74) is -6.45. The topological polar surface area (TPSA) is 113 Å². The minimum Gasteiger partial charge on any atom is -0.465 e. The van der Waals surface area contributed by atoms with Gasteiger partial charge in [-0.05, 0) is 26.8 Å². The van der Waals surface area contributed by atoms with Gasteiger partial charge in [-0.15, -0.1) is 0 Å². The van der Waals surface area contributed by atoms with Gasteiger partial charge in [-0.2, -0.15) is 21.6 Å². The number of hydrogen-bond donors (Lipinski definition) is 1. The second kappa shape index (κ2) is 6.77. The van der Waals surface area contributed by atoms with Crippen LogP contribution in [0.1, 0.15) is 27.2 Å². The van der Waals surface area contributed by atoms with Crippen molar-refractivity contribution in [3.63, 3.8) is 0 Å². The lowest BCUT2D eigenvalue weighted by atomic mass is 9.96. The van der Waals surface area contributed by atoms with Gasteiger partial charge in [0.2, 0.25) is 0 Å². The van der Waals surface area contributed by atoms with Crippen molar-refractivity contribution in [3.8, 4) is 0 Å². The van der Waals surface area contributed by atoms with Crippen molar-refractivity contribution in [1.82, 2.24) is 9.80 Å². The maximum absolute atomic E-state index is 12.5. The first-order valence-electron chi connectivity index (χ1n) is 7.81. The summed E-state index contributed by atoms with van der Waals surface area (Å²) in [6.07, 6.45) is -1.46. The van der Waals surface area contributed by atoms with Gasteiger partial charge in [0.1, 0.15) is 11.4 Å². The molecule has 0 saturated carbocycles. The van der Waals surface area contributed by atoms with Crippen LogP contribution in [0.5, 0.6) is 0 Å². The minimum absolute atomic E-state index is 0.224. The van der Waals surface area contributed by atoms with Crippen LogP contribution in [-0.2, 0) is 19.0 Å². The Labute approximate surface area is 153 Å². The number of amides is 2. The molecule has 2 rings (SSSR count). The molecule has 2 unspecified atom stereocenters. The van der Waals surface area contributed by atoms with Crippen molar-refractivity contribution < 1.29 is 45.2 Å². The molecule has 1 saturated heterocycles. The molecule has 0 aliphatic carbocycles. The number of fused-ring (bicyclic) bond motifs is 2. The number of carbonyl (C=O) groups excluding carboxylic acids is 1. The van der Waals surface area contributed by atoms with Crippen LogP contribution in [0.2, 0.25) is 0 Å². The lowest BCUT2D eigenvalue weighted by molar-refractivity contribution is -0.0536. The first-order valence-corrected chi connectivity index (χ1v) is 9.22. The van der Waals surface area contributed by atoms with Crippen LogP contribution in [0.25, 0.3) is 0 Å². The van der Waals surface area contributed by atoms with E-state index in [0.717, 1.165) is 11.0 Å². The van der Waals surface area contributed by atoms with E-state index in [1.807, 2.05) is 0 Å². The average Bonchev–Trinajstić information content (AvgIpc) is 2.41. The number of alkyl halides is 3. The number of rotatable bonds is 2. The van der Waals surface area contributed by atoms with Gasteiger partial charge in [0, 0.05) is 19.5 Å². The molecule has 2 amide bonds. The summed E-state index contributed by atoms with van der Waals surface area (Å²) in [7, 11) is -5.86. The fourth-order valence-electron chi connectivity index (χ4n) is 2.82. The largest absolute Gasteiger partial charge is 0.534 e. The molecule has 2 aliphatic rings. The second-order valence-corrected chi connectivity index (χ2v) is 8.65. The van der Waals surface area contributed by atoms with E-state index < -0.39 is 57.7 Å². The lowest BCUT2D eigenvalue weighted by Gasteiger charge is -2.47. The summed E-state index contributed by atoms with van der Waals surface area (Å²) in [4.78, 5) is 25.8. The van der Waals surface area contributed by atoms with Crippen LogP contribution >= 0.6 is 0 Å². The molecule has 2 atom stereocenters. The molecule has 0 radical (unpaired) electrons. The Morgan fingerprint density at radius 2 is 1.81 bits per heavy atom. The molecule has 0 spiro atoms. The summed E-state index contributed by atoms with van der Waals surface area (Å²) in [5, 5.41) is 9.16. The molecule has 154 valence electrons. The third-order valence-corrected chi connectivity index (χ3v) is 4.78. The van der Waals surface area contributed by atoms with Crippen LogP contribution in [-0.4, -0.2) is 71.8 Å². The zero-order valence-corrected chi connectivity index (χ0v) is 15.5. The first-order chi connectivity index (χ1) is 12.1. The smallest absolute Gasteiger partial charge is 0.465 e. The Morgan fingerprint density at radius 1 is 1.22 bits per heavy atom. The number of piperazine rings is 1. The molecule has 13 heteroatoms. The molecule has 2 bridgehead atoms. The Balaban J connectivity index is 2.31. The quantitative estimate of drug-likeness (QED) is 0.542.